The number of alkyl halides is 1. The van der Waals surface area contributed by atoms with Gasteiger partial charge in [-0.1, -0.05) is 28.6 Å². The third kappa shape index (κ3) is 34.9. The van der Waals surface area contributed by atoms with Crippen LogP contribution < -0.4 is 0 Å². The number of ether oxygens (including phenoxy) is 1. The molecule has 0 unspecified atom stereocenters. The van der Waals surface area contributed by atoms with E-state index in [9.17, 15) is 4.79 Å². The van der Waals surface area contributed by atoms with Crippen LogP contribution in [0.2, 0.25) is 58.9 Å². The van der Waals surface area contributed by atoms with Gasteiger partial charge in [-0.15, -0.1) is 6.58 Å². The fourth-order valence-corrected chi connectivity index (χ4v) is 10.2. The molecule has 0 atom stereocenters. The molecule has 0 bridgehead atoms. The van der Waals surface area contributed by atoms with Crippen molar-refractivity contribution < 1.29 is 21.9 Å². The van der Waals surface area contributed by atoms with Gasteiger partial charge in [0.2, 0.25) is 0 Å². The van der Waals surface area contributed by atoms with Crippen LogP contribution in [0.15, 0.2) is 24.8 Å². The second kappa shape index (κ2) is 17.6. The second-order valence-corrected chi connectivity index (χ2v) is 26.9. The highest BCUT2D eigenvalue weighted by molar-refractivity contribution is 9.09. The minimum Gasteiger partial charge on any atom is -0.461 e. The van der Waals surface area contributed by atoms with E-state index in [-0.39, 0.29) is 5.97 Å². The Labute approximate surface area is 205 Å². The Morgan fingerprint density at radius 1 is 0.935 bits per heavy atom. The van der Waals surface area contributed by atoms with E-state index < -0.39 is 34.5 Å². The quantitative estimate of drug-likeness (QED) is 0.107. The highest BCUT2D eigenvalue weighted by atomic mass is 79.9. The molecule has 0 aliphatic rings. The number of rotatable bonds is 11. The molecular formula is C20H48BrNO5Si4. The molecule has 31 heavy (non-hydrogen) atoms. The molecule has 0 radical (unpaired) electrons. The second-order valence-electron chi connectivity index (χ2n) is 10.1. The van der Waals surface area contributed by atoms with E-state index in [1.165, 1.54) is 0 Å². The number of hydrogen-bond acceptors (Lipinski definition) is 6. The number of hydrogen-bond donors (Lipinski definition) is 0. The summed E-state index contributed by atoms with van der Waals surface area (Å²) in [5.41, 5.74) is 0.448. The fraction of sp³-hybridized carbons (Fsp3) is 0.750. The molecule has 0 rings (SSSR count). The van der Waals surface area contributed by atoms with Crippen LogP contribution in [-0.2, 0) is 21.9 Å². The number of esters is 1. The molecule has 11 heteroatoms. The minimum absolute atomic E-state index is 0.313. The number of nitrogens with zero attached hydrogens (tertiary/aromatic N) is 1. The van der Waals surface area contributed by atoms with Crippen LogP contribution in [0.3, 0.4) is 0 Å². The lowest BCUT2D eigenvalue weighted by Gasteiger charge is -2.33. The summed E-state index contributed by atoms with van der Waals surface area (Å²) in [6.45, 7) is 29.4. The highest BCUT2D eigenvalue weighted by Crippen LogP contribution is 2.16. The van der Waals surface area contributed by atoms with Gasteiger partial charge in [0.25, 0.3) is 0 Å². The van der Waals surface area contributed by atoms with Gasteiger partial charge in [0.15, 0.2) is 25.0 Å². The summed E-state index contributed by atoms with van der Waals surface area (Å²) in [6.07, 6.45) is 1.79. The van der Waals surface area contributed by atoms with Crippen LogP contribution in [0.25, 0.3) is 0 Å². The van der Waals surface area contributed by atoms with E-state index >= 15 is 0 Å². The molecule has 0 amide bonds. The summed E-state index contributed by atoms with van der Waals surface area (Å²) < 4.78 is 23.1. The molecule has 0 saturated carbocycles. The van der Waals surface area contributed by atoms with E-state index in [4.69, 9.17) is 17.1 Å². The lowest BCUT2D eigenvalue weighted by Crippen LogP contribution is -2.49. The Morgan fingerprint density at radius 3 is 1.45 bits per heavy atom. The third-order valence-corrected chi connectivity index (χ3v) is 13.8. The van der Waals surface area contributed by atoms with Crippen LogP contribution >= 0.6 is 15.9 Å². The van der Waals surface area contributed by atoms with Gasteiger partial charge in [-0.3, -0.25) is 0 Å². The Morgan fingerprint density at radius 2 is 1.26 bits per heavy atom. The average Bonchev–Trinajstić information content (AvgIpc) is 2.50. The van der Waals surface area contributed by atoms with Crippen molar-refractivity contribution in [1.29, 1.82) is 0 Å². The third-order valence-electron chi connectivity index (χ3n) is 2.58. The number of halogens is 1. The summed E-state index contributed by atoms with van der Waals surface area (Å²) >= 11 is 3.13. The van der Waals surface area contributed by atoms with Crippen LogP contribution in [0.5, 0.6) is 0 Å². The molecule has 0 aromatic heterocycles. The SMILES string of the molecule is C=C(C)C(=O)OCCN(C)C.C=CCBr.C[Si](C)(C)O[SiH](O[Si](C)(C)C)O[Si](C)(C)C. The van der Waals surface area contributed by atoms with Gasteiger partial charge < -0.3 is 22.0 Å². The lowest BCUT2D eigenvalue weighted by atomic mass is 10.4. The first kappa shape index (κ1) is 35.7. The monoisotopic (exact) mass is 573 g/mol. The standard InChI is InChI=1S/C9H28O3Si4.C8H15NO2.C3H5Br/c1-14(2,3)10-13(11-15(4,5)6)12-16(7,8)9;1-7(2)8(10)11-6-5-9(3)4;1-2-3-4/h13H,1-9H3;1,5-6H2,2-4H3;2H,1,3H2. The molecule has 0 aromatic rings. The Kier molecular flexibility index (Phi) is 20.3. The molecule has 0 spiro atoms. The Hall–Kier alpha value is 0.138. The van der Waals surface area contributed by atoms with E-state index in [0.29, 0.717) is 12.2 Å². The average molecular weight is 575 g/mol. The largest absolute Gasteiger partial charge is 0.461 e. The van der Waals surface area contributed by atoms with E-state index in [2.05, 4.69) is 88.0 Å². The smallest absolute Gasteiger partial charge is 0.452 e. The van der Waals surface area contributed by atoms with Gasteiger partial charge in [-0.05, 0) is 79.9 Å². The van der Waals surface area contributed by atoms with Crippen molar-refractivity contribution in [1.82, 2.24) is 4.90 Å². The summed E-state index contributed by atoms with van der Waals surface area (Å²) in [4.78, 5) is 12.7. The zero-order chi connectivity index (χ0) is 25.5. The topological polar surface area (TPSA) is 57.2 Å². The van der Waals surface area contributed by atoms with Crippen LogP contribution in [-0.4, -0.2) is 77.9 Å². The maximum Gasteiger partial charge on any atom is 0.452 e. The van der Waals surface area contributed by atoms with Crippen LogP contribution in [0.4, 0.5) is 0 Å². The van der Waals surface area contributed by atoms with Crippen molar-refractivity contribution in [2.75, 3.05) is 32.6 Å². The highest BCUT2D eigenvalue weighted by Gasteiger charge is 2.33. The molecular weight excluding hydrogens is 526 g/mol. The predicted octanol–water partition coefficient (Wildman–Crippen LogP) is 5.49. The van der Waals surface area contributed by atoms with Crippen molar-refractivity contribution in [3.8, 4) is 0 Å². The zero-order valence-electron chi connectivity index (χ0n) is 22.1. The molecule has 0 aliphatic carbocycles. The van der Waals surface area contributed by atoms with Gasteiger partial charge in [0.1, 0.15) is 6.61 Å². The first-order chi connectivity index (χ1) is 13.7. The summed E-state index contributed by atoms with van der Waals surface area (Å²) in [7, 11) is -2.76. The van der Waals surface area contributed by atoms with Gasteiger partial charge in [-0.25, -0.2) is 4.79 Å². The first-order valence-electron chi connectivity index (χ1n) is 10.4. The van der Waals surface area contributed by atoms with Crippen molar-refractivity contribution in [2.24, 2.45) is 0 Å². The first-order valence-corrected chi connectivity index (χ1v) is 23.2. The summed E-state index contributed by atoms with van der Waals surface area (Å²) in [5, 5.41) is 0.896. The van der Waals surface area contributed by atoms with Crippen molar-refractivity contribution in [2.45, 2.75) is 65.8 Å². The van der Waals surface area contributed by atoms with Gasteiger partial charge in [0, 0.05) is 17.4 Å². The Balaban J connectivity index is -0.000000451. The molecule has 0 aliphatic heterocycles. The van der Waals surface area contributed by atoms with E-state index in [0.717, 1.165) is 11.9 Å². The maximum atomic E-state index is 10.8. The molecule has 186 valence electrons. The number of carbonyl (C=O) groups is 1. The van der Waals surface area contributed by atoms with Gasteiger partial charge in [-0.2, -0.15) is 0 Å². The number of carbonyl (C=O) groups excluding carboxylic acids is 1. The lowest BCUT2D eigenvalue weighted by molar-refractivity contribution is -0.139. The maximum absolute atomic E-state index is 10.8. The number of allylic oxidation sites excluding steroid dienone is 1. The van der Waals surface area contributed by atoms with Crippen LogP contribution in [0, 0.1) is 0 Å². The fourth-order valence-electron chi connectivity index (χ4n) is 1.38. The molecule has 0 heterocycles. The van der Waals surface area contributed by atoms with Gasteiger partial charge in [0.05, 0.1) is 0 Å². The normalized spacial score (nSPS) is 11.8. The van der Waals surface area contributed by atoms with Crippen molar-refractivity contribution in [3.05, 3.63) is 24.8 Å². The summed E-state index contributed by atoms with van der Waals surface area (Å²) in [6, 6.07) is 0. The Bertz CT molecular complexity index is 477. The molecule has 0 saturated heterocycles. The van der Waals surface area contributed by atoms with Gasteiger partial charge >= 0.3 is 15.5 Å². The van der Waals surface area contributed by atoms with E-state index in [1.54, 1.807) is 13.0 Å². The zero-order valence-corrected chi connectivity index (χ0v) is 27.8. The number of likely N-dealkylation sites (N-methyl/N-ethyl adjacent to an activating group) is 1. The van der Waals surface area contributed by atoms with Crippen molar-refractivity contribution >= 4 is 56.4 Å². The molecule has 0 N–H and O–H groups in total. The molecule has 6 nitrogen and oxygen atoms in total. The molecule has 0 fully saturated rings. The predicted molar refractivity (Wildman–Crippen MR) is 149 cm³/mol. The summed E-state index contributed by atoms with van der Waals surface area (Å²) in [5.74, 6) is -0.313. The molecule has 0 aromatic carbocycles. The van der Waals surface area contributed by atoms with E-state index in [1.807, 2.05) is 19.0 Å². The van der Waals surface area contributed by atoms with Crippen LogP contribution in [0.1, 0.15) is 6.92 Å². The minimum atomic E-state index is -1.92. The van der Waals surface area contributed by atoms with Crippen molar-refractivity contribution in [3.63, 3.8) is 0 Å².